The van der Waals surface area contributed by atoms with Crippen LogP contribution in [-0.2, 0) is 60.7 Å². The summed E-state index contributed by atoms with van der Waals surface area (Å²) in [5, 5.41) is 46.2. The van der Waals surface area contributed by atoms with Crippen LogP contribution in [0.2, 0.25) is 0 Å². The lowest BCUT2D eigenvalue weighted by Gasteiger charge is -2.29. The van der Waals surface area contributed by atoms with E-state index in [0.717, 1.165) is 10.5 Å². The molecule has 2 aromatic carbocycles. The van der Waals surface area contributed by atoms with E-state index >= 15 is 0 Å². The van der Waals surface area contributed by atoms with E-state index in [-0.39, 0.29) is 48.9 Å². The Morgan fingerprint density at radius 1 is 0.720 bits per heavy atom. The number of carboxylic acids is 2. The third kappa shape index (κ3) is 19.8. The van der Waals surface area contributed by atoms with E-state index < -0.39 is 120 Å². The lowest BCUT2D eigenvalue weighted by atomic mass is 9.94. The van der Waals surface area contributed by atoms with E-state index in [2.05, 4.69) is 38.5 Å². The molecule has 0 saturated carbocycles. The third-order valence-corrected chi connectivity index (χ3v) is 13.0. The van der Waals surface area contributed by atoms with Gasteiger partial charge < -0.3 is 56.9 Å². The molecule has 3 rings (SSSR count). The number of nitrogens with one attached hydrogen (secondary N) is 6. The molecule has 20 heteroatoms. The SMILES string of the molecule is C=C1C(=O)N[C@H](CC(C)C)C(=O)N[C@@H](CC(C)C)C(=O)N[C@@H](C(=O)O)[C@H](C)C(=O)N[C@@H](Cc2ccc(O)cc2)C(=O)N[C@@H](/C=C/C(C)=C/[C@H](C)[C@H](Cc2ccccc2)OC)[C@H](C)C(=O)N[C@@H](C(=O)O)CCC(=O)N1C. The van der Waals surface area contributed by atoms with Gasteiger partial charge in [-0.2, -0.15) is 0 Å². The van der Waals surface area contributed by atoms with Gasteiger partial charge >= 0.3 is 11.9 Å². The molecular formula is C55H77N7O13. The number of nitrogens with zero attached hydrogens (tertiary/aromatic N) is 1. The van der Waals surface area contributed by atoms with Crippen LogP contribution in [0.3, 0.4) is 0 Å². The number of aromatic hydroxyl groups is 1. The van der Waals surface area contributed by atoms with Crippen LogP contribution >= 0.6 is 0 Å². The van der Waals surface area contributed by atoms with Gasteiger partial charge in [0.05, 0.1) is 24.0 Å². The minimum absolute atomic E-state index is 0.00463. The van der Waals surface area contributed by atoms with Gasteiger partial charge in [0, 0.05) is 32.9 Å². The van der Waals surface area contributed by atoms with Gasteiger partial charge in [-0.1, -0.05) is 121 Å². The van der Waals surface area contributed by atoms with Crippen LogP contribution in [0.5, 0.6) is 5.75 Å². The lowest BCUT2D eigenvalue weighted by Crippen LogP contribution is -2.59. The molecule has 0 aromatic heterocycles. The highest BCUT2D eigenvalue weighted by Gasteiger charge is 2.38. The molecule has 1 heterocycles. The molecular weight excluding hydrogens is 967 g/mol. The van der Waals surface area contributed by atoms with Gasteiger partial charge in [0.2, 0.25) is 35.4 Å². The maximum atomic E-state index is 14.6. The summed E-state index contributed by atoms with van der Waals surface area (Å²) in [6.45, 7) is 17.3. The summed E-state index contributed by atoms with van der Waals surface area (Å²) in [6, 6.07) is 6.66. The summed E-state index contributed by atoms with van der Waals surface area (Å²) in [7, 11) is 2.85. The number of carbonyl (C=O) groups excluding carboxylic acids is 7. The second-order valence-electron chi connectivity index (χ2n) is 20.1. The van der Waals surface area contributed by atoms with Crippen LogP contribution in [0.25, 0.3) is 0 Å². The number of amides is 7. The molecule has 1 saturated heterocycles. The average Bonchev–Trinajstić information content (AvgIpc) is 3.35. The minimum atomic E-state index is -1.90. The monoisotopic (exact) mass is 1040 g/mol. The fourth-order valence-corrected chi connectivity index (χ4v) is 8.34. The Balaban J connectivity index is 2.18. The van der Waals surface area contributed by atoms with Crippen molar-refractivity contribution in [1.82, 2.24) is 36.8 Å². The molecule has 7 amide bonds. The molecule has 1 aliphatic rings. The quantitative estimate of drug-likeness (QED) is 0.0913. The Hall–Kier alpha value is -7.35. The number of methoxy groups -OCH3 is 1. The summed E-state index contributed by atoms with van der Waals surface area (Å²) >= 11 is 0. The van der Waals surface area contributed by atoms with E-state index in [1.807, 2.05) is 43.3 Å². The first-order valence-electron chi connectivity index (χ1n) is 25.2. The highest BCUT2D eigenvalue weighted by Crippen LogP contribution is 2.20. The summed E-state index contributed by atoms with van der Waals surface area (Å²) in [4.78, 5) is 124. The topological polar surface area (TPSA) is 299 Å². The second kappa shape index (κ2) is 29.5. The van der Waals surface area contributed by atoms with Crippen LogP contribution in [0, 0.1) is 29.6 Å². The Bertz CT molecular complexity index is 2410. The maximum Gasteiger partial charge on any atom is 0.327 e. The molecule has 0 radical (unpaired) electrons. The van der Waals surface area contributed by atoms with Crippen LogP contribution in [0.15, 0.2) is 90.7 Å². The van der Waals surface area contributed by atoms with Crippen molar-refractivity contribution in [2.75, 3.05) is 14.2 Å². The zero-order chi connectivity index (χ0) is 56.3. The molecule has 1 fully saturated rings. The van der Waals surface area contributed by atoms with Crippen LogP contribution in [0.1, 0.15) is 92.2 Å². The van der Waals surface area contributed by atoms with Crippen molar-refractivity contribution in [3.8, 4) is 5.75 Å². The number of ether oxygens (including phenoxy) is 1. The Labute approximate surface area is 439 Å². The molecule has 2 aromatic rings. The van der Waals surface area contributed by atoms with Gasteiger partial charge in [-0.3, -0.25) is 33.6 Å². The van der Waals surface area contributed by atoms with Crippen molar-refractivity contribution in [2.45, 2.75) is 136 Å². The van der Waals surface area contributed by atoms with Crippen molar-refractivity contribution in [3.63, 3.8) is 0 Å². The molecule has 0 spiro atoms. The molecule has 0 unspecified atom stereocenters. The largest absolute Gasteiger partial charge is 0.508 e. The Morgan fingerprint density at radius 2 is 1.27 bits per heavy atom. The van der Waals surface area contributed by atoms with Gasteiger partial charge in [0.15, 0.2) is 0 Å². The van der Waals surface area contributed by atoms with Crippen molar-refractivity contribution >= 4 is 53.3 Å². The number of hydrogen-bond acceptors (Lipinski definition) is 11. The summed E-state index contributed by atoms with van der Waals surface area (Å²) in [5.74, 6) is -12.6. The molecule has 20 nitrogen and oxygen atoms in total. The number of rotatable bonds is 15. The number of carbonyl (C=O) groups is 9. The van der Waals surface area contributed by atoms with E-state index in [4.69, 9.17) is 4.74 Å². The normalized spacial score (nSPS) is 24.7. The molecule has 410 valence electrons. The molecule has 0 bridgehead atoms. The van der Waals surface area contributed by atoms with Gasteiger partial charge in [-0.15, -0.1) is 0 Å². The number of aliphatic carboxylic acids is 2. The molecule has 75 heavy (non-hydrogen) atoms. The summed E-state index contributed by atoms with van der Waals surface area (Å²) < 4.78 is 5.83. The number of carboxylic acid groups (broad SMARTS) is 2. The lowest BCUT2D eigenvalue weighted by molar-refractivity contribution is -0.146. The number of benzene rings is 2. The van der Waals surface area contributed by atoms with Crippen LogP contribution < -0.4 is 31.9 Å². The highest BCUT2D eigenvalue weighted by molar-refractivity contribution is 6.00. The fraction of sp³-hybridized carbons (Fsp3) is 0.509. The Kier molecular flexibility index (Phi) is 24.4. The predicted molar refractivity (Wildman–Crippen MR) is 280 cm³/mol. The van der Waals surface area contributed by atoms with E-state index in [1.165, 1.54) is 51.2 Å². The highest BCUT2D eigenvalue weighted by atomic mass is 16.5. The van der Waals surface area contributed by atoms with E-state index in [0.29, 0.717) is 17.6 Å². The first-order chi connectivity index (χ1) is 35.2. The maximum absolute atomic E-state index is 14.6. The van der Waals surface area contributed by atoms with E-state index in [9.17, 15) is 58.5 Å². The number of allylic oxidation sites excluding steroid dienone is 2. The van der Waals surface area contributed by atoms with E-state index in [1.54, 1.807) is 47.8 Å². The van der Waals surface area contributed by atoms with Crippen LogP contribution in [0.4, 0.5) is 0 Å². The standard InChI is InChI=1S/C55H77N7O13/c1-30(2)25-42-51(68)60-43(26-31(3)4)53(70)61-47(55(73)74)35(8)49(66)58-44(28-38-18-20-39(63)21-19-38)52(69)56-40(22-17-32(5)27-33(6)45(75-11)29-37-15-13-12-14-16-37)34(7)48(65)57-41(54(71)72)23-24-46(64)62(10)36(9)50(67)59-42/h12-22,27,30-31,33-35,40-45,47,63H,9,23-26,28-29H2,1-8,10-11H3,(H,56,69)(H,57,65)(H,58,66)(H,59,67)(H,60,68)(H,61,70)(H,71,72)(H,73,74)/b22-17+,32-27+/t33-,34-,35-,40-,41+,42+,43-,44-,45-,47+/m0/s1. The summed E-state index contributed by atoms with van der Waals surface area (Å²) in [5.41, 5.74) is 1.83. The zero-order valence-electron chi connectivity index (χ0n) is 44.7. The predicted octanol–water partition coefficient (Wildman–Crippen LogP) is 3.54. The second-order valence-corrected chi connectivity index (χ2v) is 20.1. The first-order valence-corrected chi connectivity index (χ1v) is 25.2. The van der Waals surface area contributed by atoms with Crippen molar-refractivity contribution in [2.24, 2.45) is 29.6 Å². The number of phenolic OH excluding ortho intramolecular Hbond substituents is 1. The minimum Gasteiger partial charge on any atom is -0.508 e. The number of likely N-dealkylation sites (N-methyl/N-ethyl adjacent to an activating group) is 1. The smallest absolute Gasteiger partial charge is 0.327 e. The van der Waals surface area contributed by atoms with Gasteiger partial charge in [0.1, 0.15) is 41.7 Å². The van der Waals surface area contributed by atoms with Crippen LogP contribution in [-0.4, -0.2) is 130 Å². The van der Waals surface area contributed by atoms with Gasteiger partial charge in [-0.05, 0) is 67.7 Å². The number of hydrogen-bond donors (Lipinski definition) is 9. The molecule has 10 atom stereocenters. The first kappa shape index (κ1) is 61.9. The zero-order valence-corrected chi connectivity index (χ0v) is 44.7. The average molecular weight is 1040 g/mol. The summed E-state index contributed by atoms with van der Waals surface area (Å²) in [6.07, 6.45) is 4.46. The molecule has 1 aliphatic heterocycles. The molecule has 9 N–H and O–H groups in total. The van der Waals surface area contributed by atoms with Crippen molar-refractivity contribution in [1.29, 1.82) is 0 Å². The third-order valence-electron chi connectivity index (χ3n) is 13.0. The van der Waals surface area contributed by atoms with Gasteiger partial charge in [-0.25, -0.2) is 9.59 Å². The number of phenols is 1. The Morgan fingerprint density at radius 3 is 1.83 bits per heavy atom. The van der Waals surface area contributed by atoms with Crippen molar-refractivity contribution < 1.29 is 63.2 Å². The van der Waals surface area contributed by atoms with Gasteiger partial charge in [0.25, 0.3) is 5.91 Å². The van der Waals surface area contributed by atoms with Crippen molar-refractivity contribution in [3.05, 3.63) is 102 Å². The molecule has 0 aliphatic carbocycles. The fourth-order valence-electron chi connectivity index (χ4n) is 8.34.